The summed E-state index contributed by atoms with van der Waals surface area (Å²) >= 11 is 0. The number of hydrogen-bond donors (Lipinski definition) is 0. The predicted octanol–water partition coefficient (Wildman–Crippen LogP) is -3.39. The van der Waals surface area contributed by atoms with Gasteiger partial charge in [0.1, 0.15) is 0 Å². The first-order valence-corrected chi connectivity index (χ1v) is 0. The minimum absolute atomic E-state index is 0. The third-order valence-corrected chi connectivity index (χ3v) is 0. The maximum atomic E-state index is 0. The Bertz CT molecular complexity index is 15.7. The van der Waals surface area contributed by atoms with Gasteiger partial charge in [-0.3, -0.25) is 0 Å². The summed E-state index contributed by atoms with van der Waals surface area (Å²) in [5, 5.41) is 0. The standard InChI is InChI=1S/4Fe.3H2O.3H2S/h;;;;6*1H2/p-2. The van der Waals surface area contributed by atoms with Crippen molar-refractivity contribution < 1.29 is 84.7 Å². The van der Waals surface area contributed by atoms with E-state index in [2.05, 4.69) is 0 Å². The molecule has 80 valence electrons. The molecule has 0 atom stereocenters. The molecule has 3 nitrogen and oxygen atoms in total. The van der Waals surface area contributed by atoms with Gasteiger partial charge in [0.2, 0.25) is 0 Å². The smallest absolute Gasteiger partial charge is 0 e. The summed E-state index contributed by atoms with van der Waals surface area (Å²) in [4.78, 5) is 0. The molecule has 0 aliphatic rings. The second-order valence-corrected chi connectivity index (χ2v) is 0. The van der Waals surface area contributed by atoms with Crippen LogP contribution in [-0.4, -0.2) is 11.0 Å². The zero-order valence-corrected chi connectivity index (χ0v) is 11.4. The minimum Gasteiger partial charge on any atom is -0.813 e. The quantitative estimate of drug-likeness (QED) is 0.191. The van der Waals surface area contributed by atoms with Crippen molar-refractivity contribution in [1.29, 1.82) is 0 Å². The van der Waals surface area contributed by atoms with E-state index >= 15 is 0 Å². The fraction of sp³-hybridized carbons (Fsp3) is 0. The minimum atomic E-state index is 0. The molecule has 0 rings (SSSR count). The largest absolute Gasteiger partial charge is 0.813 e. The van der Waals surface area contributed by atoms with Gasteiger partial charge in [0.25, 0.3) is 0 Å². The maximum absolute atomic E-state index is 0. The van der Waals surface area contributed by atoms with Gasteiger partial charge in [0.05, 0.1) is 0 Å². The second-order valence-electron chi connectivity index (χ2n) is 0. The maximum Gasteiger partial charge on any atom is 0 e. The molecule has 0 radical (unpaired) electrons. The molecule has 0 aromatic carbocycles. The summed E-state index contributed by atoms with van der Waals surface area (Å²) in [5.74, 6) is 0. The Morgan fingerprint density at radius 1 is 0.400 bits per heavy atom. The third kappa shape index (κ3) is 122. The summed E-state index contributed by atoms with van der Waals surface area (Å²) in [6, 6.07) is 0. The molecule has 0 saturated carbocycles. The predicted molar refractivity (Wildman–Crippen MR) is 38.4 cm³/mol. The Balaban J connectivity index is 0. The number of rotatable bonds is 0. The van der Waals surface area contributed by atoms with Crippen molar-refractivity contribution in [3.05, 3.63) is 0 Å². The molecular weight excluding hydrogens is 368 g/mol. The molecule has 0 aromatic rings. The topological polar surface area (TPSA) is 96.0 Å². The van der Waals surface area contributed by atoms with Crippen molar-refractivity contribution in [2.75, 3.05) is 0 Å². The Morgan fingerprint density at radius 2 is 0.400 bits per heavy atom. The van der Waals surface area contributed by atoms with E-state index in [1.807, 2.05) is 0 Å². The van der Waals surface area contributed by atoms with E-state index in [0.717, 1.165) is 0 Å². The molecule has 0 bridgehead atoms. The summed E-state index contributed by atoms with van der Waals surface area (Å²) in [5.41, 5.74) is 0. The first kappa shape index (κ1) is 207. The van der Waals surface area contributed by atoms with Gasteiger partial charge >= 0.3 is 0 Å². The van der Waals surface area contributed by atoms with Crippen molar-refractivity contribution in [3.8, 4) is 0 Å². The van der Waals surface area contributed by atoms with Crippen molar-refractivity contribution >= 4 is 40.5 Å². The van der Waals surface area contributed by atoms with Crippen LogP contribution in [0.4, 0.5) is 0 Å². The molecule has 0 amide bonds. The molecule has 0 heterocycles. The van der Waals surface area contributed by atoms with Crippen LogP contribution in [0.2, 0.25) is 0 Å². The average molecular weight is 378 g/mol. The van der Waals surface area contributed by atoms with Crippen molar-refractivity contribution in [1.82, 2.24) is 0 Å². The third-order valence-electron chi connectivity index (χ3n) is 0. The Morgan fingerprint density at radius 3 is 0.400 bits per heavy atom. The molecule has 0 fully saturated rings. The summed E-state index contributed by atoms with van der Waals surface area (Å²) in [7, 11) is 0. The van der Waals surface area contributed by atoms with E-state index in [-0.39, 0.29) is 125 Å². The summed E-state index contributed by atoms with van der Waals surface area (Å²) in [6.45, 7) is 0. The van der Waals surface area contributed by atoms with E-state index in [0.29, 0.717) is 0 Å². The Labute approximate surface area is 124 Å². The van der Waals surface area contributed by atoms with E-state index < -0.39 is 0 Å². The molecular formula is H10Fe4O3S3-2. The molecule has 0 aromatic heterocycles. The molecule has 0 aliphatic carbocycles. The number of thiol groups is 3. The number of hydrogen-bond acceptors (Lipinski definition) is 3. The zero-order chi connectivity index (χ0) is 0. The van der Waals surface area contributed by atoms with Gasteiger partial charge in [0.15, 0.2) is 0 Å². The van der Waals surface area contributed by atoms with Crippen LogP contribution >= 0.6 is 0 Å². The fourth-order valence-electron chi connectivity index (χ4n) is 0. The van der Waals surface area contributed by atoms with E-state index in [4.69, 9.17) is 0 Å². The average Bonchev–Trinajstić information content (AvgIpc) is 0. The van der Waals surface area contributed by atoms with Crippen LogP contribution < -0.4 is 0 Å². The van der Waals surface area contributed by atoms with E-state index in [9.17, 15) is 0 Å². The summed E-state index contributed by atoms with van der Waals surface area (Å²) in [6.07, 6.45) is 0. The van der Waals surface area contributed by atoms with Gasteiger partial charge in [-0.2, -0.15) is 0 Å². The van der Waals surface area contributed by atoms with Crippen molar-refractivity contribution in [2.45, 2.75) is 0 Å². The second kappa shape index (κ2) is 161. The van der Waals surface area contributed by atoms with Crippen LogP contribution in [0.15, 0.2) is 0 Å². The van der Waals surface area contributed by atoms with Crippen LogP contribution in [0.3, 0.4) is 0 Å². The van der Waals surface area contributed by atoms with Gasteiger partial charge in [0, 0.05) is 68.3 Å². The normalized spacial score (nSPS) is 0. The van der Waals surface area contributed by atoms with Crippen LogP contribution in [0, 0.1) is 0 Å². The monoisotopic (exact) mass is 378 g/mol. The van der Waals surface area contributed by atoms with Crippen LogP contribution in [0.5, 0.6) is 0 Å². The first-order chi connectivity index (χ1) is 0. The molecule has 10 heteroatoms. The van der Waals surface area contributed by atoms with Gasteiger partial charge in [-0.1, -0.05) is 0 Å². The molecule has 0 unspecified atom stereocenters. The Kier molecular flexibility index (Phi) is 3330. The first-order valence-electron chi connectivity index (χ1n) is 0. The molecule has 0 aliphatic heterocycles. The van der Waals surface area contributed by atoms with E-state index in [1.54, 1.807) is 0 Å². The van der Waals surface area contributed by atoms with Crippen molar-refractivity contribution in [3.63, 3.8) is 0 Å². The van der Waals surface area contributed by atoms with Gasteiger partial charge in [-0.15, -0.1) is 0 Å². The molecule has 0 spiro atoms. The van der Waals surface area contributed by atoms with Crippen LogP contribution in [0.25, 0.3) is 0 Å². The van der Waals surface area contributed by atoms with E-state index in [1.165, 1.54) is 0 Å². The zero-order valence-electron chi connectivity index (χ0n) is 4.33. The van der Waals surface area contributed by atoms with Gasteiger partial charge in [-0.25, -0.2) is 0 Å². The molecule has 0 saturated heterocycles. The summed E-state index contributed by atoms with van der Waals surface area (Å²) < 4.78 is 0. The van der Waals surface area contributed by atoms with Crippen LogP contribution in [0.1, 0.15) is 0 Å². The van der Waals surface area contributed by atoms with Gasteiger partial charge < -0.3 is 56.9 Å². The van der Waals surface area contributed by atoms with Gasteiger partial charge in [-0.05, 0) is 0 Å². The fourth-order valence-corrected chi connectivity index (χ4v) is 0. The molecule has 10 heavy (non-hydrogen) atoms. The Hall–Kier alpha value is 3.01. The SMILES string of the molecule is O.O.[Fe].[Fe].[Fe].[Fe].[OH3+].[SH-].[SH-].[SH-]. The molecule has 7 N–H and O–H groups in total. The van der Waals surface area contributed by atoms with Crippen molar-refractivity contribution in [2.24, 2.45) is 0 Å². The van der Waals surface area contributed by atoms with Crippen LogP contribution in [-0.2, 0) is 114 Å².